The van der Waals surface area contributed by atoms with Gasteiger partial charge in [0.05, 0.1) is 22.9 Å². The van der Waals surface area contributed by atoms with E-state index < -0.39 is 0 Å². The molecule has 1 aliphatic heterocycles. The van der Waals surface area contributed by atoms with Gasteiger partial charge in [0.25, 0.3) is 0 Å². The predicted molar refractivity (Wildman–Crippen MR) is 114 cm³/mol. The molecule has 2 N–H and O–H groups in total. The van der Waals surface area contributed by atoms with E-state index in [1.165, 1.54) is 10.7 Å². The molecule has 1 atom stereocenters. The number of halogens is 1. The molecule has 1 aromatic heterocycles. The van der Waals surface area contributed by atoms with Gasteiger partial charge in [-0.1, -0.05) is 19.1 Å². The van der Waals surface area contributed by atoms with E-state index >= 15 is 0 Å². The van der Waals surface area contributed by atoms with Crippen LogP contribution in [0.25, 0.3) is 0 Å². The van der Waals surface area contributed by atoms with Gasteiger partial charge in [-0.25, -0.2) is 9.98 Å². The van der Waals surface area contributed by atoms with Crippen LogP contribution in [0.4, 0.5) is 5.69 Å². The number of nitrogens with one attached hydrogen (secondary N) is 2. The molecule has 1 aliphatic rings. The van der Waals surface area contributed by atoms with E-state index in [2.05, 4.69) is 79.9 Å². The van der Waals surface area contributed by atoms with Gasteiger partial charge in [0.15, 0.2) is 5.96 Å². The molecule has 7 heteroatoms. The average Bonchev–Trinajstić information content (AvgIpc) is 3.29. The van der Waals surface area contributed by atoms with Gasteiger partial charge in [-0.05, 0) is 47.8 Å². The summed E-state index contributed by atoms with van der Waals surface area (Å²) in [6.07, 6.45) is 2.09. The summed E-state index contributed by atoms with van der Waals surface area (Å²) in [5.74, 6) is 0.873. The highest BCUT2D eigenvalue weighted by Gasteiger charge is 2.24. The van der Waals surface area contributed by atoms with Crippen molar-refractivity contribution in [1.29, 1.82) is 0 Å². The monoisotopic (exact) mass is 435 g/mol. The molecule has 0 aliphatic carbocycles. The van der Waals surface area contributed by atoms with Crippen LogP contribution in [0.3, 0.4) is 0 Å². The minimum Gasteiger partial charge on any atom is -0.368 e. The summed E-state index contributed by atoms with van der Waals surface area (Å²) in [6, 6.07) is 8.79. The van der Waals surface area contributed by atoms with Crippen LogP contribution in [-0.2, 0) is 13.0 Å². The number of rotatable bonds is 6. The second kappa shape index (κ2) is 9.37. The largest absolute Gasteiger partial charge is 0.368 e. The van der Waals surface area contributed by atoms with Crippen molar-refractivity contribution in [2.45, 2.75) is 39.3 Å². The molecule has 0 radical (unpaired) electrons. The molecule has 2 aromatic rings. The Bertz CT molecular complexity index is 745. The standard InChI is InChI=1S/C19H26BrN5S/c1-3-18-23-15(13-26-18)11-22-19(21-4-2)24-14-9-10-25(12-14)17-8-6-5-7-16(17)20/h5-8,13-14H,3-4,9-12H2,1-2H3,(H2,21,22,24). The van der Waals surface area contributed by atoms with Crippen molar-refractivity contribution in [3.05, 3.63) is 44.8 Å². The van der Waals surface area contributed by atoms with E-state index in [0.29, 0.717) is 12.6 Å². The molecule has 3 rings (SSSR count). The second-order valence-electron chi connectivity index (χ2n) is 6.31. The molecule has 140 valence electrons. The third-order valence-corrected chi connectivity index (χ3v) is 6.08. The lowest BCUT2D eigenvalue weighted by Crippen LogP contribution is -2.44. The second-order valence-corrected chi connectivity index (χ2v) is 8.11. The minimum absolute atomic E-state index is 0.390. The lowest BCUT2D eigenvalue weighted by atomic mass is 10.3. The van der Waals surface area contributed by atoms with Gasteiger partial charge < -0.3 is 15.5 Å². The number of guanidine groups is 1. The summed E-state index contributed by atoms with van der Waals surface area (Å²) in [5.41, 5.74) is 2.30. The Morgan fingerprint density at radius 1 is 1.38 bits per heavy atom. The highest BCUT2D eigenvalue weighted by atomic mass is 79.9. The van der Waals surface area contributed by atoms with E-state index in [0.717, 1.165) is 48.6 Å². The number of benzene rings is 1. The van der Waals surface area contributed by atoms with E-state index in [1.807, 2.05) is 0 Å². The third kappa shape index (κ3) is 4.98. The van der Waals surface area contributed by atoms with Crippen LogP contribution in [0.15, 0.2) is 39.1 Å². The predicted octanol–water partition coefficient (Wildman–Crippen LogP) is 3.80. The maximum atomic E-state index is 4.72. The number of hydrogen-bond donors (Lipinski definition) is 2. The van der Waals surface area contributed by atoms with Crippen LogP contribution in [-0.4, -0.2) is 36.6 Å². The Balaban J connectivity index is 1.59. The molecule has 0 saturated carbocycles. The number of aromatic nitrogens is 1. The van der Waals surface area contributed by atoms with Gasteiger partial charge in [-0.2, -0.15) is 0 Å². The normalized spacial score (nSPS) is 17.6. The highest BCUT2D eigenvalue weighted by molar-refractivity contribution is 9.10. The number of anilines is 1. The first kappa shape index (κ1) is 19.2. The molecule has 1 aromatic carbocycles. The van der Waals surface area contributed by atoms with Crippen molar-refractivity contribution >= 4 is 38.9 Å². The van der Waals surface area contributed by atoms with Gasteiger partial charge in [0.2, 0.25) is 0 Å². The van der Waals surface area contributed by atoms with Crippen LogP contribution in [0.1, 0.15) is 31.0 Å². The Labute approximate surface area is 168 Å². The Morgan fingerprint density at radius 2 is 2.23 bits per heavy atom. The fourth-order valence-corrected chi connectivity index (χ4v) is 4.33. The zero-order chi connectivity index (χ0) is 18.4. The molecule has 0 bridgehead atoms. The zero-order valence-corrected chi connectivity index (χ0v) is 17.7. The number of aliphatic imine (C=N–C) groups is 1. The van der Waals surface area contributed by atoms with Gasteiger partial charge in [0.1, 0.15) is 0 Å². The third-order valence-electron chi connectivity index (χ3n) is 4.37. The van der Waals surface area contributed by atoms with Crippen LogP contribution in [0.2, 0.25) is 0 Å². The van der Waals surface area contributed by atoms with Gasteiger partial charge in [0, 0.05) is 35.5 Å². The minimum atomic E-state index is 0.390. The maximum Gasteiger partial charge on any atom is 0.191 e. The Morgan fingerprint density at radius 3 is 2.96 bits per heavy atom. The molecular formula is C19H26BrN5S. The lowest BCUT2D eigenvalue weighted by Gasteiger charge is -2.21. The van der Waals surface area contributed by atoms with E-state index in [4.69, 9.17) is 4.99 Å². The van der Waals surface area contributed by atoms with E-state index in [9.17, 15) is 0 Å². The van der Waals surface area contributed by atoms with Crippen LogP contribution in [0.5, 0.6) is 0 Å². The molecule has 1 fully saturated rings. The maximum absolute atomic E-state index is 4.72. The molecule has 1 unspecified atom stereocenters. The molecule has 0 amide bonds. The summed E-state index contributed by atoms with van der Waals surface area (Å²) in [7, 11) is 0. The zero-order valence-electron chi connectivity index (χ0n) is 15.3. The fraction of sp³-hybridized carbons (Fsp3) is 0.474. The van der Waals surface area contributed by atoms with Crippen molar-refractivity contribution in [3.8, 4) is 0 Å². The summed E-state index contributed by atoms with van der Waals surface area (Å²) < 4.78 is 1.15. The molecular weight excluding hydrogens is 410 g/mol. The van der Waals surface area contributed by atoms with Crippen molar-refractivity contribution in [1.82, 2.24) is 15.6 Å². The number of thiazole rings is 1. The van der Waals surface area contributed by atoms with E-state index in [1.54, 1.807) is 11.3 Å². The fourth-order valence-electron chi connectivity index (χ4n) is 3.06. The molecule has 0 spiro atoms. The first-order chi connectivity index (χ1) is 12.7. The molecule has 1 saturated heterocycles. The Kier molecular flexibility index (Phi) is 6.91. The van der Waals surface area contributed by atoms with Gasteiger partial charge >= 0.3 is 0 Å². The smallest absolute Gasteiger partial charge is 0.191 e. The first-order valence-electron chi connectivity index (χ1n) is 9.17. The summed E-state index contributed by atoms with van der Waals surface area (Å²) in [4.78, 5) is 11.7. The van der Waals surface area contributed by atoms with Crippen molar-refractivity contribution < 1.29 is 0 Å². The average molecular weight is 436 g/mol. The summed E-state index contributed by atoms with van der Waals surface area (Å²) in [5, 5.41) is 10.2. The number of para-hydroxylation sites is 1. The molecule has 2 heterocycles. The lowest BCUT2D eigenvalue weighted by molar-refractivity contribution is 0.648. The Hall–Kier alpha value is -1.60. The number of hydrogen-bond acceptors (Lipinski definition) is 4. The van der Waals surface area contributed by atoms with E-state index in [-0.39, 0.29) is 0 Å². The number of nitrogens with zero attached hydrogens (tertiary/aromatic N) is 3. The van der Waals surface area contributed by atoms with Gasteiger partial charge in [-0.3, -0.25) is 0 Å². The van der Waals surface area contributed by atoms with Crippen LogP contribution < -0.4 is 15.5 Å². The number of aryl methyl sites for hydroxylation is 1. The van der Waals surface area contributed by atoms with Crippen LogP contribution >= 0.6 is 27.3 Å². The summed E-state index contributed by atoms with van der Waals surface area (Å²) >= 11 is 5.37. The SMILES string of the molecule is CCNC(=NCc1csc(CC)n1)NC1CCN(c2ccccc2Br)C1. The van der Waals surface area contributed by atoms with Crippen molar-refractivity contribution in [2.24, 2.45) is 4.99 Å². The molecule has 5 nitrogen and oxygen atoms in total. The first-order valence-corrected chi connectivity index (χ1v) is 10.8. The highest BCUT2D eigenvalue weighted by Crippen LogP contribution is 2.28. The molecule has 26 heavy (non-hydrogen) atoms. The summed E-state index contributed by atoms with van der Waals surface area (Å²) in [6.45, 7) is 7.72. The van der Waals surface area contributed by atoms with Crippen molar-refractivity contribution in [2.75, 3.05) is 24.5 Å². The van der Waals surface area contributed by atoms with Crippen molar-refractivity contribution in [3.63, 3.8) is 0 Å². The van der Waals surface area contributed by atoms with Crippen LogP contribution in [0, 0.1) is 0 Å². The topological polar surface area (TPSA) is 52.6 Å². The van der Waals surface area contributed by atoms with Gasteiger partial charge in [-0.15, -0.1) is 11.3 Å². The quantitative estimate of drug-likeness (QED) is 0.534.